The quantitative estimate of drug-likeness (QED) is 0.753. The molecule has 1 atom stereocenters. The van der Waals surface area contributed by atoms with Gasteiger partial charge in [0.05, 0.1) is 25.7 Å². The van der Waals surface area contributed by atoms with E-state index < -0.39 is 23.9 Å². The molecule has 3 heterocycles. The van der Waals surface area contributed by atoms with Gasteiger partial charge in [-0.3, -0.25) is 9.69 Å². The van der Waals surface area contributed by atoms with Crippen LogP contribution in [0.4, 0.5) is 36.3 Å². The van der Waals surface area contributed by atoms with E-state index in [0.29, 0.717) is 13.2 Å². The summed E-state index contributed by atoms with van der Waals surface area (Å²) in [5.74, 6) is -0.548. The summed E-state index contributed by atoms with van der Waals surface area (Å²) in [4.78, 5) is 24.4. The summed E-state index contributed by atoms with van der Waals surface area (Å²) in [5.41, 5.74) is -0.337. The standard InChI is InChI=1S/C21H21F3N6O2/c22-21(23,24)13-20(14-25)6-8-30(18(20)31)17-5-7-26-19(28-17)27-15-1-3-16(4-2-15)29-9-11-32-12-10-29/h1-5,7H,6,8-13H2,(H,26,27,28). The Hall–Kier alpha value is -3.39. The lowest BCUT2D eigenvalue weighted by atomic mass is 9.84. The second-order valence-corrected chi connectivity index (χ2v) is 7.70. The normalized spacial score (nSPS) is 21.5. The molecule has 2 aliphatic heterocycles. The summed E-state index contributed by atoms with van der Waals surface area (Å²) < 4.78 is 44.1. The van der Waals surface area contributed by atoms with Gasteiger partial charge in [0.2, 0.25) is 11.9 Å². The van der Waals surface area contributed by atoms with Crippen LogP contribution in [0.2, 0.25) is 0 Å². The van der Waals surface area contributed by atoms with Gasteiger partial charge in [-0.2, -0.15) is 23.4 Å². The number of ether oxygens (including phenoxy) is 1. The molecule has 2 aliphatic rings. The molecule has 1 unspecified atom stereocenters. The number of carbonyl (C=O) groups excluding carboxylic acids is 1. The number of amides is 1. The van der Waals surface area contributed by atoms with E-state index in [1.165, 1.54) is 12.3 Å². The molecule has 1 aromatic carbocycles. The van der Waals surface area contributed by atoms with Crippen molar-refractivity contribution >= 4 is 29.0 Å². The van der Waals surface area contributed by atoms with Crippen LogP contribution in [0.25, 0.3) is 0 Å². The molecular formula is C21H21F3N6O2. The third-order valence-electron chi connectivity index (χ3n) is 5.55. The fraction of sp³-hybridized carbons (Fsp3) is 0.429. The highest BCUT2D eigenvalue weighted by atomic mass is 19.4. The number of morpholine rings is 1. The zero-order chi connectivity index (χ0) is 22.8. The first kappa shape index (κ1) is 21.8. The van der Waals surface area contributed by atoms with Crippen molar-refractivity contribution in [3.8, 4) is 6.07 Å². The van der Waals surface area contributed by atoms with Gasteiger partial charge in [-0.05, 0) is 36.8 Å². The Kier molecular flexibility index (Phi) is 5.88. The van der Waals surface area contributed by atoms with Gasteiger partial charge in [0.1, 0.15) is 11.2 Å². The van der Waals surface area contributed by atoms with E-state index in [1.807, 2.05) is 24.3 Å². The van der Waals surface area contributed by atoms with Gasteiger partial charge >= 0.3 is 6.18 Å². The molecule has 168 valence electrons. The Morgan fingerprint density at radius 1 is 1.16 bits per heavy atom. The molecule has 1 amide bonds. The average Bonchev–Trinajstić information content (AvgIpc) is 3.10. The van der Waals surface area contributed by atoms with E-state index in [1.54, 1.807) is 6.07 Å². The maximum absolute atomic E-state index is 12.9. The molecule has 2 aromatic rings. The highest BCUT2D eigenvalue weighted by Gasteiger charge is 2.54. The summed E-state index contributed by atoms with van der Waals surface area (Å²) >= 11 is 0. The smallest absolute Gasteiger partial charge is 0.378 e. The highest BCUT2D eigenvalue weighted by Crippen LogP contribution is 2.42. The van der Waals surface area contributed by atoms with Gasteiger partial charge in [-0.1, -0.05) is 0 Å². The van der Waals surface area contributed by atoms with Crippen LogP contribution in [0, 0.1) is 16.7 Å². The van der Waals surface area contributed by atoms with Crippen LogP contribution in [0.1, 0.15) is 12.8 Å². The van der Waals surface area contributed by atoms with Crippen LogP contribution in [-0.2, 0) is 9.53 Å². The van der Waals surface area contributed by atoms with Crippen molar-refractivity contribution in [3.63, 3.8) is 0 Å². The number of hydrogen-bond donors (Lipinski definition) is 1. The van der Waals surface area contributed by atoms with Gasteiger partial charge in [0, 0.05) is 37.2 Å². The van der Waals surface area contributed by atoms with E-state index in [4.69, 9.17) is 4.74 Å². The Labute approximate surface area is 182 Å². The Bertz CT molecular complexity index is 1020. The van der Waals surface area contributed by atoms with E-state index in [-0.39, 0.29) is 24.7 Å². The number of rotatable bonds is 5. The lowest BCUT2D eigenvalue weighted by Gasteiger charge is -2.28. The Balaban J connectivity index is 1.47. The van der Waals surface area contributed by atoms with Gasteiger partial charge in [-0.15, -0.1) is 0 Å². The number of benzene rings is 1. The first-order valence-electron chi connectivity index (χ1n) is 10.1. The molecule has 0 spiro atoms. The monoisotopic (exact) mass is 446 g/mol. The maximum atomic E-state index is 12.9. The Morgan fingerprint density at radius 2 is 1.88 bits per heavy atom. The molecular weight excluding hydrogens is 425 g/mol. The summed E-state index contributed by atoms with van der Waals surface area (Å²) in [5, 5.41) is 12.4. The topological polar surface area (TPSA) is 94.4 Å². The SMILES string of the molecule is N#CC1(CC(F)(F)F)CCN(c2ccnc(Nc3ccc(N4CCOCC4)cc3)n2)C1=O. The number of aromatic nitrogens is 2. The van der Waals surface area contributed by atoms with Gasteiger partial charge in [-0.25, -0.2) is 4.98 Å². The van der Waals surface area contributed by atoms with E-state index >= 15 is 0 Å². The second-order valence-electron chi connectivity index (χ2n) is 7.70. The number of anilines is 4. The molecule has 32 heavy (non-hydrogen) atoms. The number of halogens is 3. The van der Waals surface area contributed by atoms with Crippen molar-refractivity contribution in [1.82, 2.24) is 9.97 Å². The van der Waals surface area contributed by atoms with Crippen LogP contribution in [0.3, 0.4) is 0 Å². The first-order valence-corrected chi connectivity index (χ1v) is 10.1. The third-order valence-corrected chi connectivity index (χ3v) is 5.55. The number of carbonyl (C=O) groups is 1. The predicted octanol–water partition coefficient (Wildman–Crippen LogP) is 3.26. The van der Waals surface area contributed by atoms with E-state index in [2.05, 4.69) is 20.2 Å². The summed E-state index contributed by atoms with van der Waals surface area (Å²) in [6, 6.07) is 10.7. The largest absolute Gasteiger partial charge is 0.391 e. The van der Waals surface area contributed by atoms with E-state index in [9.17, 15) is 23.2 Å². The van der Waals surface area contributed by atoms with Crippen LogP contribution in [0.5, 0.6) is 0 Å². The van der Waals surface area contributed by atoms with Crippen molar-refractivity contribution in [1.29, 1.82) is 5.26 Å². The molecule has 11 heteroatoms. The van der Waals surface area contributed by atoms with Gasteiger partial charge in [0.25, 0.3) is 0 Å². The minimum absolute atomic E-state index is 0.0207. The van der Waals surface area contributed by atoms with E-state index in [0.717, 1.165) is 29.4 Å². The van der Waals surface area contributed by atoms with Crippen molar-refractivity contribution in [2.75, 3.05) is 48.0 Å². The molecule has 2 fully saturated rings. The van der Waals surface area contributed by atoms with Gasteiger partial charge < -0.3 is 15.0 Å². The molecule has 0 saturated carbocycles. The average molecular weight is 446 g/mol. The Morgan fingerprint density at radius 3 is 2.53 bits per heavy atom. The second kappa shape index (κ2) is 8.63. The fourth-order valence-corrected chi connectivity index (χ4v) is 3.90. The number of alkyl halides is 3. The van der Waals surface area contributed by atoms with Crippen LogP contribution >= 0.6 is 0 Å². The van der Waals surface area contributed by atoms with Crippen molar-refractivity contribution in [2.24, 2.45) is 5.41 Å². The van der Waals surface area contributed by atoms with Crippen LogP contribution in [0.15, 0.2) is 36.5 Å². The molecule has 8 nitrogen and oxygen atoms in total. The number of hydrogen-bond acceptors (Lipinski definition) is 7. The van der Waals surface area contributed by atoms with Gasteiger partial charge in [0.15, 0.2) is 0 Å². The minimum atomic E-state index is -4.62. The summed E-state index contributed by atoms with van der Waals surface area (Å²) in [6.07, 6.45) is -4.89. The molecule has 2 saturated heterocycles. The maximum Gasteiger partial charge on any atom is 0.391 e. The molecule has 4 rings (SSSR count). The molecule has 0 aliphatic carbocycles. The zero-order valence-electron chi connectivity index (χ0n) is 17.1. The molecule has 0 bridgehead atoms. The third kappa shape index (κ3) is 4.60. The lowest BCUT2D eigenvalue weighted by Crippen LogP contribution is -2.37. The molecule has 0 radical (unpaired) electrons. The highest BCUT2D eigenvalue weighted by molar-refractivity contribution is 6.01. The summed E-state index contributed by atoms with van der Waals surface area (Å²) in [6.45, 7) is 2.99. The number of nitriles is 1. The van der Waals surface area contributed by atoms with Crippen LogP contribution < -0.4 is 15.1 Å². The number of nitrogens with zero attached hydrogens (tertiary/aromatic N) is 5. The van der Waals surface area contributed by atoms with Crippen molar-refractivity contribution in [2.45, 2.75) is 19.0 Å². The zero-order valence-corrected chi connectivity index (χ0v) is 17.1. The lowest BCUT2D eigenvalue weighted by molar-refractivity contribution is -0.158. The van der Waals surface area contributed by atoms with Crippen molar-refractivity contribution < 1.29 is 22.7 Å². The van der Waals surface area contributed by atoms with Crippen molar-refractivity contribution in [3.05, 3.63) is 36.5 Å². The summed E-state index contributed by atoms with van der Waals surface area (Å²) in [7, 11) is 0. The predicted molar refractivity (Wildman–Crippen MR) is 110 cm³/mol. The minimum Gasteiger partial charge on any atom is -0.378 e. The number of nitrogens with one attached hydrogen (secondary N) is 1. The molecule has 1 aromatic heterocycles. The first-order chi connectivity index (χ1) is 15.3. The fourth-order valence-electron chi connectivity index (χ4n) is 3.90. The molecule has 1 N–H and O–H groups in total. The van der Waals surface area contributed by atoms with Crippen LogP contribution in [-0.4, -0.2) is 54.9 Å².